The summed E-state index contributed by atoms with van der Waals surface area (Å²) in [6, 6.07) is 4.00. The second-order valence-electron chi connectivity index (χ2n) is 4.97. The molecule has 2 nitrogen and oxygen atoms in total. The van der Waals surface area contributed by atoms with Crippen molar-refractivity contribution < 1.29 is 4.79 Å². The maximum atomic E-state index is 12.3. The molecule has 19 heavy (non-hydrogen) atoms. The largest absolute Gasteiger partial charge is 0.311 e. The van der Waals surface area contributed by atoms with Crippen molar-refractivity contribution >= 4 is 39.1 Å². The van der Waals surface area contributed by atoms with Crippen molar-refractivity contribution in [3.8, 4) is 0 Å². The molecule has 1 aromatic rings. The molecule has 0 saturated carbocycles. The van der Waals surface area contributed by atoms with Gasteiger partial charge in [-0.3, -0.25) is 4.79 Å². The number of halogens is 2. The Balaban J connectivity index is 2.48. The van der Waals surface area contributed by atoms with Crippen LogP contribution in [0.15, 0.2) is 12.1 Å². The number of anilines is 1. The zero-order valence-electron chi connectivity index (χ0n) is 11.4. The number of hydrogen-bond acceptors (Lipinski definition) is 1. The normalized spacial score (nSPS) is 19.3. The van der Waals surface area contributed by atoms with Crippen molar-refractivity contribution in [1.29, 1.82) is 0 Å². The van der Waals surface area contributed by atoms with Crippen LogP contribution >= 0.6 is 27.5 Å². The molecular weight excluding hydrogens is 326 g/mol. The van der Waals surface area contributed by atoms with Crippen molar-refractivity contribution in [2.75, 3.05) is 16.8 Å². The Morgan fingerprint density at radius 2 is 2.11 bits per heavy atom. The molecule has 1 atom stereocenters. The van der Waals surface area contributed by atoms with Gasteiger partial charge in [0.05, 0.1) is 5.69 Å². The van der Waals surface area contributed by atoms with Crippen LogP contribution in [0.4, 0.5) is 5.69 Å². The van der Waals surface area contributed by atoms with Gasteiger partial charge in [0, 0.05) is 23.3 Å². The number of nitrogens with zero attached hydrogens (tertiary/aromatic N) is 1. The predicted molar refractivity (Wildman–Crippen MR) is 84.5 cm³/mol. The summed E-state index contributed by atoms with van der Waals surface area (Å²) < 4.78 is 0. The van der Waals surface area contributed by atoms with Gasteiger partial charge in [-0.1, -0.05) is 47.4 Å². The molecule has 1 aromatic carbocycles. The number of amides is 1. The molecule has 1 fully saturated rings. The van der Waals surface area contributed by atoms with E-state index in [2.05, 4.69) is 29.8 Å². The minimum atomic E-state index is 0.219. The molecule has 1 unspecified atom stereocenters. The smallest absolute Gasteiger partial charge is 0.227 e. The summed E-state index contributed by atoms with van der Waals surface area (Å²) in [6.45, 7) is 5.01. The second kappa shape index (κ2) is 6.27. The van der Waals surface area contributed by atoms with Crippen LogP contribution in [0.5, 0.6) is 0 Å². The van der Waals surface area contributed by atoms with Gasteiger partial charge >= 0.3 is 0 Å². The highest BCUT2D eigenvalue weighted by Crippen LogP contribution is 2.36. The Morgan fingerprint density at radius 3 is 2.63 bits per heavy atom. The van der Waals surface area contributed by atoms with Gasteiger partial charge in [-0.05, 0) is 36.0 Å². The third-order valence-electron chi connectivity index (χ3n) is 3.74. The van der Waals surface area contributed by atoms with E-state index in [0.717, 1.165) is 41.0 Å². The molecule has 1 aliphatic heterocycles. The lowest BCUT2D eigenvalue weighted by Gasteiger charge is -2.24. The lowest BCUT2D eigenvalue weighted by Crippen LogP contribution is -2.27. The van der Waals surface area contributed by atoms with Crippen LogP contribution in [0.1, 0.15) is 31.4 Å². The van der Waals surface area contributed by atoms with Gasteiger partial charge in [-0.2, -0.15) is 0 Å². The number of alkyl halides is 1. The molecule has 2 rings (SSSR count). The third kappa shape index (κ3) is 2.82. The van der Waals surface area contributed by atoms with Crippen molar-refractivity contribution in [3.63, 3.8) is 0 Å². The monoisotopic (exact) mass is 343 g/mol. The lowest BCUT2D eigenvalue weighted by molar-refractivity contribution is -0.117. The highest BCUT2D eigenvalue weighted by Gasteiger charge is 2.32. The summed E-state index contributed by atoms with van der Waals surface area (Å²) >= 11 is 9.79. The first-order chi connectivity index (χ1) is 9.12. The summed E-state index contributed by atoms with van der Waals surface area (Å²) in [5.41, 5.74) is 3.38. The summed E-state index contributed by atoms with van der Waals surface area (Å²) in [5, 5.41) is 1.64. The lowest BCUT2D eigenvalue weighted by atomic mass is 10.0. The number of benzene rings is 1. The second-order valence-corrected chi connectivity index (χ2v) is 6.02. The van der Waals surface area contributed by atoms with E-state index in [1.165, 1.54) is 5.56 Å². The molecule has 0 radical (unpaired) electrons. The van der Waals surface area contributed by atoms with E-state index in [9.17, 15) is 4.79 Å². The van der Waals surface area contributed by atoms with Crippen LogP contribution in [-0.4, -0.2) is 17.8 Å². The Bertz CT molecular complexity index is 489. The fourth-order valence-electron chi connectivity index (χ4n) is 2.72. The van der Waals surface area contributed by atoms with E-state index in [1.807, 2.05) is 17.0 Å². The van der Waals surface area contributed by atoms with Gasteiger partial charge in [-0.25, -0.2) is 0 Å². The van der Waals surface area contributed by atoms with Crippen molar-refractivity contribution in [2.24, 2.45) is 5.92 Å². The summed E-state index contributed by atoms with van der Waals surface area (Å²) in [6.07, 6.45) is 2.40. The molecule has 0 N–H and O–H groups in total. The average molecular weight is 345 g/mol. The first-order valence-corrected chi connectivity index (χ1v) is 8.28. The number of aryl methyl sites for hydroxylation is 1. The summed E-state index contributed by atoms with van der Waals surface area (Å²) in [5.74, 6) is 0.622. The molecule has 0 spiro atoms. The fourth-order valence-corrected chi connectivity index (χ4v) is 3.44. The van der Waals surface area contributed by atoms with Gasteiger partial charge in [-0.15, -0.1) is 0 Å². The Hall–Kier alpha value is -0.540. The molecule has 0 aliphatic carbocycles. The van der Waals surface area contributed by atoms with E-state index in [-0.39, 0.29) is 5.91 Å². The zero-order chi connectivity index (χ0) is 14.0. The van der Waals surface area contributed by atoms with E-state index in [4.69, 9.17) is 11.6 Å². The maximum absolute atomic E-state index is 12.3. The van der Waals surface area contributed by atoms with Crippen LogP contribution in [0.2, 0.25) is 5.02 Å². The molecule has 0 aromatic heterocycles. The Morgan fingerprint density at radius 1 is 1.37 bits per heavy atom. The molecule has 104 valence electrons. The van der Waals surface area contributed by atoms with Gasteiger partial charge in [0.2, 0.25) is 5.91 Å². The molecule has 1 heterocycles. The number of rotatable bonds is 4. The first-order valence-electron chi connectivity index (χ1n) is 6.78. The van der Waals surface area contributed by atoms with Gasteiger partial charge in [0.25, 0.3) is 0 Å². The first kappa shape index (κ1) is 14.9. The number of carbonyl (C=O) groups excluding carboxylic acids is 1. The number of carbonyl (C=O) groups is 1. The Kier molecular flexibility index (Phi) is 4.91. The van der Waals surface area contributed by atoms with Gasteiger partial charge in [0.1, 0.15) is 0 Å². The Labute approximate surface area is 128 Å². The highest BCUT2D eigenvalue weighted by atomic mass is 79.9. The minimum Gasteiger partial charge on any atom is -0.311 e. The molecule has 4 heteroatoms. The van der Waals surface area contributed by atoms with Crippen LogP contribution in [-0.2, 0) is 17.6 Å². The molecule has 1 saturated heterocycles. The minimum absolute atomic E-state index is 0.219. The molecular formula is C15H19BrClNO. The van der Waals surface area contributed by atoms with E-state index in [1.54, 1.807) is 0 Å². The zero-order valence-corrected chi connectivity index (χ0v) is 13.7. The number of hydrogen-bond donors (Lipinski definition) is 0. The van der Waals surface area contributed by atoms with Crippen LogP contribution < -0.4 is 4.90 Å². The standard InChI is InChI=1S/C15H19BrClNO/c1-3-11-5-6-13(17)12(4-2)15(11)18-9-10(8-16)7-14(18)19/h5-6,10H,3-4,7-9H2,1-2H3. The summed E-state index contributed by atoms with van der Waals surface area (Å²) in [7, 11) is 0. The van der Waals surface area contributed by atoms with E-state index < -0.39 is 0 Å². The average Bonchev–Trinajstić information content (AvgIpc) is 2.79. The topological polar surface area (TPSA) is 20.3 Å². The van der Waals surface area contributed by atoms with Crippen molar-refractivity contribution in [1.82, 2.24) is 0 Å². The fraction of sp³-hybridized carbons (Fsp3) is 0.533. The predicted octanol–water partition coefficient (Wildman–Crippen LogP) is 4.21. The highest BCUT2D eigenvalue weighted by molar-refractivity contribution is 9.09. The van der Waals surface area contributed by atoms with Crippen molar-refractivity contribution in [3.05, 3.63) is 28.3 Å². The van der Waals surface area contributed by atoms with Crippen LogP contribution in [0.3, 0.4) is 0 Å². The van der Waals surface area contributed by atoms with E-state index >= 15 is 0 Å². The van der Waals surface area contributed by atoms with Gasteiger partial charge in [0.15, 0.2) is 0 Å². The molecule has 0 bridgehead atoms. The summed E-state index contributed by atoms with van der Waals surface area (Å²) in [4.78, 5) is 14.2. The third-order valence-corrected chi connectivity index (χ3v) is 5.01. The molecule has 1 amide bonds. The maximum Gasteiger partial charge on any atom is 0.227 e. The van der Waals surface area contributed by atoms with Crippen LogP contribution in [0.25, 0.3) is 0 Å². The van der Waals surface area contributed by atoms with Gasteiger partial charge < -0.3 is 4.90 Å². The quantitative estimate of drug-likeness (QED) is 0.749. The SMILES string of the molecule is CCc1ccc(Cl)c(CC)c1N1CC(CBr)CC1=O. The van der Waals surface area contributed by atoms with E-state index in [0.29, 0.717) is 12.3 Å². The van der Waals surface area contributed by atoms with Crippen molar-refractivity contribution in [2.45, 2.75) is 33.1 Å². The molecule has 1 aliphatic rings. The van der Waals surface area contributed by atoms with Crippen LogP contribution in [0, 0.1) is 5.92 Å².